The van der Waals surface area contributed by atoms with E-state index in [-0.39, 0.29) is 12.1 Å². The van der Waals surface area contributed by atoms with Crippen molar-refractivity contribution >= 4 is 15.7 Å². The Morgan fingerprint density at radius 1 is 1.21 bits per heavy atom. The summed E-state index contributed by atoms with van der Waals surface area (Å²) in [4.78, 5) is 0.341. The Balaban J connectivity index is 2.50. The van der Waals surface area contributed by atoms with E-state index >= 15 is 0 Å². The normalized spacial score (nSPS) is 25.4. The Kier molecular flexibility index (Phi) is 3.87. The Hall–Kier alpha value is -1.07. The van der Waals surface area contributed by atoms with Gasteiger partial charge in [0.25, 0.3) is 0 Å². The van der Waals surface area contributed by atoms with Crippen molar-refractivity contribution in [3.05, 3.63) is 23.8 Å². The summed E-state index contributed by atoms with van der Waals surface area (Å²) in [5.41, 5.74) is 7.01. The van der Waals surface area contributed by atoms with Crippen molar-refractivity contribution in [2.24, 2.45) is 0 Å². The Bertz CT molecular complexity index is 559. The zero-order chi connectivity index (χ0) is 14.2. The summed E-state index contributed by atoms with van der Waals surface area (Å²) in [6.45, 7) is 5.73. The molecule has 1 aromatic rings. The number of hydrogen-bond acceptors (Lipinski definition) is 3. The fraction of sp³-hybridized carbons (Fsp3) is 0.571. The van der Waals surface area contributed by atoms with Crippen LogP contribution in [0.3, 0.4) is 0 Å². The summed E-state index contributed by atoms with van der Waals surface area (Å²) in [7, 11) is -3.46. The molecule has 2 unspecified atom stereocenters. The van der Waals surface area contributed by atoms with Crippen molar-refractivity contribution in [2.45, 2.75) is 57.0 Å². The predicted octanol–water partition coefficient (Wildman–Crippen LogP) is 2.53. The minimum atomic E-state index is -3.46. The fourth-order valence-electron chi connectivity index (χ4n) is 2.90. The number of piperidine rings is 1. The molecule has 0 amide bonds. The number of sulfonamides is 1. The minimum Gasteiger partial charge on any atom is -0.398 e. The molecule has 106 valence electrons. The molecular weight excluding hydrogens is 260 g/mol. The first kappa shape index (κ1) is 14.3. The largest absolute Gasteiger partial charge is 0.398 e. The van der Waals surface area contributed by atoms with Crippen LogP contribution in [-0.4, -0.2) is 24.8 Å². The van der Waals surface area contributed by atoms with Crippen LogP contribution in [0, 0.1) is 6.92 Å². The van der Waals surface area contributed by atoms with E-state index in [1.807, 2.05) is 13.8 Å². The maximum absolute atomic E-state index is 12.9. The number of anilines is 1. The second kappa shape index (κ2) is 5.13. The van der Waals surface area contributed by atoms with E-state index in [0.717, 1.165) is 19.3 Å². The third kappa shape index (κ3) is 2.49. The molecular formula is C14H22N2O2S. The number of rotatable bonds is 2. The molecule has 1 fully saturated rings. The summed E-state index contributed by atoms with van der Waals surface area (Å²) in [5.74, 6) is 0. The predicted molar refractivity (Wildman–Crippen MR) is 77.4 cm³/mol. The van der Waals surface area contributed by atoms with Gasteiger partial charge in [-0.15, -0.1) is 0 Å². The standard InChI is InChI=1S/C14H22N2O2S/c1-10-6-4-7-11(2)16(10)19(17,18)14-9-5-8-13(15)12(14)3/h5,8-11H,4,6-7,15H2,1-3H3. The first-order valence-electron chi connectivity index (χ1n) is 6.74. The molecule has 0 bridgehead atoms. The number of nitrogens with two attached hydrogens (primary N) is 1. The van der Waals surface area contributed by atoms with Gasteiger partial charge in [-0.25, -0.2) is 8.42 Å². The molecule has 1 aromatic carbocycles. The highest BCUT2D eigenvalue weighted by atomic mass is 32.2. The smallest absolute Gasteiger partial charge is 0.243 e. The van der Waals surface area contributed by atoms with Crippen LogP contribution < -0.4 is 5.73 Å². The van der Waals surface area contributed by atoms with Crippen molar-refractivity contribution < 1.29 is 8.42 Å². The van der Waals surface area contributed by atoms with Crippen molar-refractivity contribution in [3.8, 4) is 0 Å². The zero-order valence-electron chi connectivity index (χ0n) is 11.8. The van der Waals surface area contributed by atoms with Crippen molar-refractivity contribution in [2.75, 3.05) is 5.73 Å². The summed E-state index contributed by atoms with van der Waals surface area (Å²) in [5, 5.41) is 0. The number of nitrogens with zero attached hydrogens (tertiary/aromatic N) is 1. The van der Waals surface area contributed by atoms with Gasteiger partial charge in [-0.1, -0.05) is 12.5 Å². The number of hydrogen-bond donors (Lipinski definition) is 1. The van der Waals surface area contributed by atoms with Gasteiger partial charge in [0.2, 0.25) is 10.0 Å². The third-order valence-electron chi connectivity index (χ3n) is 3.99. The van der Waals surface area contributed by atoms with Crippen molar-refractivity contribution in [3.63, 3.8) is 0 Å². The Morgan fingerprint density at radius 2 is 1.79 bits per heavy atom. The number of benzene rings is 1. The van der Waals surface area contributed by atoms with E-state index in [1.54, 1.807) is 29.4 Å². The molecule has 1 aliphatic rings. The highest BCUT2D eigenvalue weighted by Crippen LogP contribution is 2.31. The summed E-state index contributed by atoms with van der Waals surface area (Å²) >= 11 is 0. The van der Waals surface area contributed by atoms with Crippen LogP contribution in [-0.2, 0) is 10.0 Å². The molecule has 0 radical (unpaired) electrons. The molecule has 0 aromatic heterocycles. The number of nitrogen functional groups attached to an aromatic ring is 1. The van der Waals surface area contributed by atoms with Gasteiger partial charge in [0.1, 0.15) is 0 Å². The van der Waals surface area contributed by atoms with Gasteiger partial charge in [-0.3, -0.25) is 0 Å². The highest BCUT2D eigenvalue weighted by molar-refractivity contribution is 7.89. The van der Waals surface area contributed by atoms with E-state index in [2.05, 4.69) is 0 Å². The summed E-state index contributed by atoms with van der Waals surface area (Å²) in [6, 6.07) is 5.19. The van der Waals surface area contributed by atoms with Crippen molar-refractivity contribution in [1.82, 2.24) is 4.31 Å². The average molecular weight is 282 g/mol. The molecule has 0 saturated carbocycles. The lowest BCUT2D eigenvalue weighted by atomic mass is 10.0. The van der Waals surface area contributed by atoms with E-state index < -0.39 is 10.0 Å². The molecule has 5 heteroatoms. The lowest BCUT2D eigenvalue weighted by molar-refractivity contribution is 0.204. The van der Waals surface area contributed by atoms with Crippen molar-refractivity contribution in [1.29, 1.82) is 0 Å². The van der Waals surface area contributed by atoms with Gasteiger partial charge in [-0.2, -0.15) is 4.31 Å². The molecule has 0 aliphatic carbocycles. The first-order chi connectivity index (χ1) is 8.85. The van der Waals surface area contributed by atoms with E-state index in [9.17, 15) is 8.42 Å². The summed E-state index contributed by atoms with van der Waals surface area (Å²) in [6.07, 6.45) is 2.93. The Morgan fingerprint density at radius 3 is 2.37 bits per heavy atom. The molecule has 0 spiro atoms. The minimum absolute atomic E-state index is 0.0505. The van der Waals surface area contributed by atoms with Crippen LogP contribution in [0.1, 0.15) is 38.7 Å². The molecule has 4 nitrogen and oxygen atoms in total. The fourth-order valence-corrected chi connectivity index (χ4v) is 5.04. The molecule has 1 heterocycles. The Labute approximate surface area is 115 Å². The third-order valence-corrected chi connectivity index (χ3v) is 6.27. The second-order valence-corrected chi connectivity index (χ2v) is 7.25. The molecule has 1 saturated heterocycles. The van der Waals surface area contributed by atoms with Gasteiger partial charge < -0.3 is 5.73 Å². The maximum Gasteiger partial charge on any atom is 0.243 e. The van der Waals surface area contributed by atoms with Crippen LogP contribution in [0.15, 0.2) is 23.1 Å². The van der Waals surface area contributed by atoms with E-state index in [0.29, 0.717) is 16.1 Å². The van der Waals surface area contributed by atoms with E-state index in [1.165, 1.54) is 0 Å². The quantitative estimate of drug-likeness (QED) is 0.848. The van der Waals surface area contributed by atoms with Gasteiger partial charge >= 0.3 is 0 Å². The van der Waals surface area contributed by atoms with Crippen LogP contribution in [0.5, 0.6) is 0 Å². The van der Waals surface area contributed by atoms with Crippen LogP contribution in [0.2, 0.25) is 0 Å². The molecule has 2 atom stereocenters. The average Bonchev–Trinajstić information content (AvgIpc) is 2.32. The summed E-state index contributed by atoms with van der Waals surface area (Å²) < 4.78 is 27.4. The first-order valence-corrected chi connectivity index (χ1v) is 8.18. The van der Waals surface area contributed by atoms with Gasteiger partial charge in [-0.05, 0) is 51.3 Å². The molecule has 19 heavy (non-hydrogen) atoms. The van der Waals surface area contributed by atoms with Gasteiger partial charge in [0.15, 0.2) is 0 Å². The lowest BCUT2D eigenvalue weighted by Crippen LogP contribution is -2.47. The van der Waals surface area contributed by atoms with Crippen LogP contribution >= 0.6 is 0 Å². The monoisotopic (exact) mass is 282 g/mol. The van der Waals surface area contributed by atoms with Gasteiger partial charge in [0, 0.05) is 17.8 Å². The molecule has 2 rings (SSSR count). The second-order valence-electron chi connectivity index (χ2n) is 5.43. The maximum atomic E-state index is 12.9. The van der Waals surface area contributed by atoms with E-state index in [4.69, 9.17) is 5.73 Å². The molecule has 1 aliphatic heterocycles. The lowest BCUT2D eigenvalue weighted by Gasteiger charge is -2.38. The molecule has 2 N–H and O–H groups in total. The highest BCUT2D eigenvalue weighted by Gasteiger charge is 2.36. The topological polar surface area (TPSA) is 63.4 Å². The SMILES string of the molecule is Cc1c(N)cccc1S(=O)(=O)N1C(C)CCCC1C. The van der Waals surface area contributed by atoms with Gasteiger partial charge in [0.05, 0.1) is 4.90 Å². The zero-order valence-corrected chi connectivity index (χ0v) is 12.6. The van der Waals surface area contributed by atoms with Crippen LogP contribution in [0.4, 0.5) is 5.69 Å². The van der Waals surface area contributed by atoms with Crippen LogP contribution in [0.25, 0.3) is 0 Å².